The highest BCUT2D eigenvalue weighted by atomic mass is 16.5. The highest BCUT2D eigenvalue weighted by Gasteiger charge is 2.10. The molecule has 0 atom stereocenters. The molecule has 1 aromatic carbocycles. The molecule has 18 heavy (non-hydrogen) atoms. The van der Waals surface area contributed by atoms with E-state index in [1.54, 1.807) is 13.2 Å². The van der Waals surface area contributed by atoms with Crippen LogP contribution in [0, 0.1) is 0 Å². The highest BCUT2D eigenvalue weighted by Crippen LogP contribution is 2.32. The molecule has 0 aliphatic carbocycles. The van der Waals surface area contributed by atoms with Gasteiger partial charge in [-0.25, -0.2) is 4.79 Å². The van der Waals surface area contributed by atoms with E-state index in [0.29, 0.717) is 11.5 Å². The Hall–Kier alpha value is -1.97. The van der Waals surface area contributed by atoms with Crippen LogP contribution in [0.2, 0.25) is 0 Å². The number of carbonyl (C=O) groups excluding carboxylic acids is 1. The topological polar surface area (TPSA) is 44.8 Å². The second-order valence-electron chi connectivity index (χ2n) is 3.90. The number of benzene rings is 1. The fraction of sp³-hybridized carbons (Fsp3) is 0.357. The summed E-state index contributed by atoms with van der Waals surface area (Å²) in [7, 11) is 2.92. The van der Waals surface area contributed by atoms with E-state index >= 15 is 0 Å². The lowest BCUT2D eigenvalue weighted by Gasteiger charge is -2.15. The Kier molecular flexibility index (Phi) is 5.24. The summed E-state index contributed by atoms with van der Waals surface area (Å²) in [4.78, 5) is 11.1. The van der Waals surface area contributed by atoms with Gasteiger partial charge in [-0.15, -0.1) is 0 Å². The van der Waals surface area contributed by atoms with Crippen LogP contribution in [-0.4, -0.2) is 26.3 Å². The molecule has 98 valence electrons. The van der Waals surface area contributed by atoms with Crippen LogP contribution in [0.25, 0.3) is 6.08 Å². The van der Waals surface area contributed by atoms with Crippen molar-refractivity contribution in [3.63, 3.8) is 0 Å². The van der Waals surface area contributed by atoms with Gasteiger partial charge in [0, 0.05) is 11.6 Å². The predicted octanol–water partition coefficient (Wildman–Crippen LogP) is 2.67. The second kappa shape index (κ2) is 6.69. The lowest BCUT2D eigenvalue weighted by molar-refractivity contribution is -0.134. The van der Waals surface area contributed by atoms with Crippen molar-refractivity contribution in [3.05, 3.63) is 29.8 Å². The van der Waals surface area contributed by atoms with E-state index in [4.69, 9.17) is 9.47 Å². The number of rotatable bonds is 5. The van der Waals surface area contributed by atoms with Crippen molar-refractivity contribution in [2.45, 2.75) is 20.0 Å². The Labute approximate surface area is 107 Å². The quantitative estimate of drug-likeness (QED) is 0.595. The number of carbonyl (C=O) groups is 1. The third-order valence-corrected chi connectivity index (χ3v) is 2.18. The zero-order chi connectivity index (χ0) is 13.5. The molecule has 0 fully saturated rings. The smallest absolute Gasteiger partial charge is 0.330 e. The Morgan fingerprint density at radius 3 is 2.56 bits per heavy atom. The number of esters is 1. The molecule has 0 bridgehead atoms. The summed E-state index contributed by atoms with van der Waals surface area (Å²) in [5, 5.41) is 0. The summed E-state index contributed by atoms with van der Waals surface area (Å²) in [5.41, 5.74) is 0.772. The summed E-state index contributed by atoms with van der Waals surface area (Å²) in [6, 6.07) is 5.50. The molecule has 0 heterocycles. The summed E-state index contributed by atoms with van der Waals surface area (Å²) in [6.07, 6.45) is 3.01. The Balaban J connectivity index is 3.09. The van der Waals surface area contributed by atoms with Crippen molar-refractivity contribution in [2.75, 3.05) is 14.2 Å². The maximum atomic E-state index is 11.1. The minimum absolute atomic E-state index is 0.0200. The number of para-hydroxylation sites is 1. The normalized spacial score (nSPS) is 10.7. The van der Waals surface area contributed by atoms with Gasteiger partial charge in [0.15, 0.2) is 11.5 Å². The van der Waals surface area contributed by atoms with Crippen LogP contribution >= 0.6 is 0 Å². The van der Waals surface area contributed by atoms with Gasteiger partial charge in [0.1, 0.15) is 0 Å². The lowest BCUT2D eigenvalue weighted by Crippen LogP contribution is -2.08. The molecule has 0 aliphatic rings. The van der Waals surface area contributed by atoms with Gasteiger partial charge in [-0.05, 0) is 26.0 Å². The van der Waals surface area contributed by atoms with Gasteiger partial charge in [0.25, 0.3) is 0 Å². The van der Waals surface area contributed by atoms with E-state index in [0.717, 1.165) is 5.56 Å². The summed E-state index contributed by atoms with van der Waals surface area (Å²) < 4.78 is 15.5. The van der Waals surface area contributed by atoms with Gasteiger partial charge in [0.05, 0.1) is 20.3 Å². The van der Waals surface area contributed by atoms with Crippen LogP contribution in [-0.2, 0) is 9.53 Å². The van der Waals surface area contributed by atoms with Crippen LogP contribution in [0.5, 0.6) is 11.5 Å². The highest BCUT2D eigenvalue weighted by molar-refractivity contribution is 5.87. The maximum absolute atomic E-state index is 11.1. The fourth-order valence-corrected chi connectivity index (χ4v) is 1.41. The van der Waals surface area contributed by atoms with Crippen molar-refractivity contribution in [3.8, 4) is 11.5 Å². The average molecular weight is 250 g/mol. The summed E-state index contributed by atoms with van der Waals surface area (Å²) in [6.45, 7) is 3.86. The van der Waals surface area contributed by atoms with Crippen molar-refractivity contribution in [1.82, 2.24) is 0 Å². The summed E-state index contributed by atoms with van der Waals surface area (Å²) in [5.74, 6) is 0.846. The average Bonchev–Trinajstić information content (AvgIpc) is 2.36. The molecule has 0 aromatic heterocycles. The van der Waals surface area contributed by atoms with E-state index in [1.165, 1.54) is 13.2 Å². The molecule has 1 rings (SSSR count). The predicted molar refractivity (Wildman–Crippen MR) is 69.8 cm³/mol. The first kappa shape index (κ1) is 14.1. The van der Waals surface area contributed by atoms with Crippen LogP contribution in [0.4, 0.5) is 0 Å². The number of hydrogen-bond acceptors (Lipinski definition) is 4. The molecule has 4 nitrogen and oxygen atoms in total. The van der Waals surface area contributed by atoms with Crippen LogP contribution in [0.1, 0.15) is 19.4 Å². The first-order valence-corrected chi connectivity index (χ1v) is 5.68. The molecule has 0 N–H and O–H groups in total. The third-order valence-electron chi connectivity index (χ3n) is 2.18. The molecular formula is C14H18O4. The Bertz CT molecular complexity index is 435. The van der Waals surface area contributed by atoms with Gasteiger partial charge in [-0.3, -0.25) is 0 Å². The fourth-order valence-electron chi connectivity index (χ4n) is 1.41. The molecule has 4 heteroatoms. The molecule has 0 saturated heterocycles. The number of ether oxygens (including phenoxy) is 3. The number of methoxy groups -OCH3 is 2. The standard InChI is InChI=1S/C14H18O4/c1-10(2)18-14-11(8-9-13(15)17-4)6-5-7-12(14)16-3/h5-10H,1-4H3/b9-8+. The molecule has 1 aromatic rings. The van der Waals surface area contributed by atoms with E-state index in [2.05, 4.69) is 4.74 Å². The largest absolute Gasteiger partial charge is 0.493 e. The van der Waals surface area contributed by atoms with Crippen LogP contribution in [0.3, 0.4) is 0 Å². The Morgan fingerprint density at radius 2 is 2.00 bits per heavy atom. The third kappa shape index (κ3) is 3.80. The van der Waals surface area contributed by atoms with Crippen molar-refractivity contribution >= 4 is 12.0 Å². The van der Waals surface area contributed by atoms with Crippen molar-refractivity contribution in [1.29, 1.82) is 0 Å². The monoisotopic (exact) mass is 250 g/mol. The minimum atomic E-state index is -0.409. The zero-order valence-electron chi connectivity index (χ0n) is 11.1. The Morgan fingerprint density at radius 1 is 1.28 bits per heavy atom. The molecule has 0 spiro atoms. The number of hydrogen-bond donors (Lipinski definition) is 0. The first-order valence-electron chi connectivity index (χ1n) is 5.68. The molecule has 0 amide bonds. The van der Waals surface area contributed by atoms with Gasteiger partial charge in [0.2, 0.25) is 0 Å². The molecule has 0 aliphatic heterocycles. The SMILES string of the molecule is COC(=O)/C=C/c1cccc(OC)c1OC(C)C. The van der Waals surface area contributed by atoms with Gasteiger partial charge in [-0.1, -0.05) is 12.1 Å². The van der Waals surface area contributed by atoms with Crippen molar-refractivity contribution in [2.24, 2.45) is 0 Å². The van der Waals surface area contributed by atoms with E-state index < -0.39 is 5.97 Å². The lowest BCUT2D eigenvalue weighted by atomic mass is 10.1. The van der Waals surface area contributed by atoms with Gasteiger partial charge < -0.3 is 14.2 Å². The van der Waals surface area contributed by atoms with Crippen LogP contribution in [0.15, 0.2) is 24.3 Å². The maximum Gasteiger partial charge on any atom is 0.330 e. The van der Waals surface area contributed by atoms with Gasteiger partial charge >= 0.3 is 5.97 Å². The molecule has 0 unspecified atom stereocenters. The molecule has 0 radical (unpaired) electrons. The molecular weight excluding hydrogens is 232 g/mol. The van der Waals surface area contributed by atoms with Crippen LogP contribution < -0.4 is 9.47 Å². The molecule has 0 saturated carbocycles. The van der Waals surface area contributed by atoms with E-state index in [1.807, 2.05) is 32.0 Å². The van der Waals surface area contributed by atoms with Gasteiger partial charge in [-0.2, -0.15) is 0 Å². The summed E-state index contributed by atoms with van der Waals surface area (Å²) >= 11 is 0. The zero-order valence-corrected chi connectivity index (χ0v) is 11.1. The van der Waals surface area contributed by atoms with Crippen molar-refractivity contribution < 1.29 is 19.0 Å². The van der Waals surface area contributed by atoms with E-state index in [-0.39, 0.29) is 6.10 Å². The van der Waals surface area contributed by atoms with E-state index in [9.17, 15) is 4.79 Å². The second-order valence-corrected chi connectivity index (χ2v) is 3.90. The first-order chi connectivity index (χ1) is 8.58. The minimum Gasteiger partial charge on any atom is -0.493 e.